The topological polar surface area (TPSA) is 36.1 Å². The van der Waals surface area contributed by atoms with Gasteiger partial charge in [-0.1, -0.05) is 25.1 Å². The fraction of sp³-hybridized carbons (Fsp3) is 0.357. The third kappa shape index (κ3) is 2.12. The first-order valence-electron chi connectivity index (χ1n) is 6.22. The van der Waals surface area contributed by atoms with Crippen molar-refractivity contribution in [1.29, 1.82) is 0 Å². The van der Waals surface area contributed by atoms with Gasteiger partial charge in [-0.15, -0.1) is 0 Å². The van der Waals surface area contributed by atoms with Gasteiger partial charge in [-0.3, -0.25) is 4.79 Å². The van der Waals surface area contributed by atoms with Crippen LogP contribution in [-0.4, -0.2) is 39.9 Å². The Hall–Kier alpha value is -1.42. The number of hydrogen-bond acceptors (Lipinski definition) is 2. The van der Waals surface area contributed by atoms with Gasteiger partial charge in [-0.25, -0.2) is 0 Å². The van der Waals surface area contributed by atoms with E-state index in [1.165, 1.54) is 0 Å². The lowest BCUT2D eigenvalue weighted by Crippen LogP contribution is -2.41. The van der Waals surface area contributed by atoms with Crippen molar-refractivity contribution in [2.24, 2.45) is 0 Å². The molecule has 3 rings (SSSR count). The number of fused-ring (bicyclic) bond motifs is 1. The summed E-state index contributed by atoms with van der Waals surface area (Å²) < 4.78 is 0. The van der Waals surface area contributed by atoms with Crippen molar-refractivity contribution in [2.45, 2.75) is 12.2 Å². The minimum atomic E-state index is 0.123. The number of carbonyl (C=O) groups excluding carboxylic acids is 1. The number of aromatic nitrogens is 1. The molecule has 1 N–H and O–H groups in total. The monoisotopic (exact) mass is 260 g/mol. The van der Waals surface area contributed by atoms with Crippen molar-refractivity contribution in [2.75, 3.05) is 18.8 Å². The zero-order valence-corrected chi connectivity index (χ0v) is 11.2. The third-order valence-electron chi connectivity index (χ3n) is 3.29. The molecule has 18 heavy (non-hydrogen) atoms. The Balaban J connectivity index is 1.87. The van der Waals surface area contributed by atoms with E-state index < -0.39 is 0 Å². The van der Waals surface area contributed by atoms with Gasteiger partial charge in [0.25, 0.3) is 5.91 Å². The first kappa shape index (κ1) is 11.7. The van der Waals surface area contributed by atoms with Crippen molar-refractivity contribution in [3.63, 3.8) is 0 Å². The highest BCUT2D eigenvalue weighted by Crippen LogP contribution is 2.21. The van der Waals surface area contributed by atoms with Gasteiger partial charge >= 0.3 is 0 Å². The Kier molecular flexibility index (Phi) is 3.04. The Bertz CT molecular complexity index is 545. The molecule has 1 unspecified atom stereocenters. The van der Waals surface area contributed by atoms with E-state index in [9.17, 15) is 4.79 Å². The van der Waals surface area contributed by atoms with E-state index in [0.29, 0.717) is 10.9 Å². The van der Waals surface area contributed by atoms with Gasteiger partial charge in [-0.2, -0.15) is 11.8 Å². The first-order valence-corrected chi connectivity index (χ1v) is 7.27. The molecule has 0 spiro atoms. The maximum absolute atomic E-state index is 12.4. The number of aromatic amines is 1. The maximum atomic E-state index is 12.4. The van der Waals surface area contributed by atoms with E-state index in [4.69, 9.17) is 0 Å². The molecule has 1 saturated heterocycles. The summed E-state index contributed by atoms with van der Waals surface area (Å²) in [6, 6.07) is 9.94. The van der Waals surface area contributed by atoms with Gasteiger partial charge in [0.2, 0.25) is 0 Å². The van der Waals surface area contributed by atoms with E-state index in [1.54, 1.807) is 0 Å². The number of para-hydroxylation sites is 1. The SMILES string of the molecule is CC1CN(C(=O)c2cc3ccccc3[nH]2)CCS1. The molecule has 2 aromatic rings. The van der Waals surface area contributed by atoms with Crippen molar-refractivity contribution >= 4 is 28.6 Å². The quantitative estimate of drug-likeness (QED) is 0.856. The van der Waals surface area contributed by atoms with Crippen LogP contribution in [-0.2, 0) is 0 Å². The molecule has 1 aromatic heterocycles. The highest BCUT2D eigenvalue weighted by atomic mass is 32.2. The van der Waals surface area contributed by atoms with Crippen LogP contribution in [0.15, 0.2) is 30.3 Å². The summed E-state index contributed by atoms with van der Waals surface area (Å²) in [5, 5.41) is 1.63. The number of rotatable bonds is 1. The molecule has 0 radical (unpaired) electrons. The molecule has 0 saturated carbocycles. The van der Waals surface area contributed by atoms with Crippen LogP contribution in [0.3, 0.4) is 0 Å². The number of H-pyrrole nitrogens is 1. The average molecular weight is 260 g/mol. The number of benzene rings is 1. The predicted octanol–water partition coefficient (Wildman–Crippen LogP) is 2.75. The molecule has 94 valence electrons. The molecule has 1 amide bonds. The highest BCUT2D eigenvalue weighted by molar-refractivity contribution is 7.99. The molecule has 1 aliphatic heterocycles. The third-order valence-corrected chi connectivity index (χ3v) is 4.43. The van der Waals surface area contributed by atoms with Crippen molar-refractivity contribution in [3.8, 4) is 0 Å². The van der Waals surface area contributed by atoms with Crippen molar-refractivity contribution < 1.29 is 4.79 Å². The molecule has 0 aliphatic carbocycles. The average Bonchev–Trinajstić information content (AvgIpc) is 2.81. The second-order valence-electron chi connectivity index (χ2n) is 4.70. The van der Waals surface area contributed by atoms with Gasteiger partial charge in [0.05, 0.1) is 0 Å². The van der Waals surface area contributed by atoms with E-state index in [-0.39, 0.29) is 5.91 Å². The smallest absolute Gasteiger partial charge is 0.270 e. The summed E-state index contributed by atoms with van der Waals surface area (Å²) in [5.74, 6) is 1.16. The maximum Gasteiger partial charge on any atom is 0.270 e. The van der Waals surface area contributed by atoms with Gasteiger partial charge in [0.1, 0.15) is 5.69 Å². The number of carbonyl (C=O) groups is 1. The van der Waals surface area contributed by atoms with Crippen LogP contribution < -0.4 is 0 Å². The fourth-order valence-electron chi connectivity index (χ4n) is 2.36. The second-order valence-corrected chi connectivity index (χ2v) is 6.25. The molecule has 1 aliphatic rings. The van der Waals surface area contributed by atoms with Gasteiger partial charge in [0, 0.05) is 35.0 Å². The first-order chi connectivity index (χ1) is 8.74. The van der Waals surface area contributed by atoms with Crippen LogP contribution >= 0.6 is 11.8 Å². The molecule has 4 heteroatoms. The minimum absolute atomic E-state index is 0.123. The number of amides is 1. The van der Waals surface area contributed by atoms with Crippen LogP contribution in [0, 0.1) is 0 Å². The number of thioether (sulfide) groups is 1. The number of nitrogens with one attached hydrogen (secondary N) is 1. The highest BCUT2D eigenvalue weighted by Gasteiger charge is 2.23. The van der Waals surface area contributed by atoms with E-state index in [0.717, 1.165) is 29.7 Å². The Labute approximate surface area is 111 Å². The zero-order valence-electron chi connectivity index (χ0n) is 10.3. The lowest BCUT2D eigenvalue weighted by molar-refractivity contribution is 0.0758. The minimum Gasteiger partial charge on any atom is -0.351 e. The molecule has 1 aromatic carbocycles. The lowest BCUT2D eigenvalue weighted by Gasteiger charge is -2.30. The molecular weight excluding hydrogens is 244 g/mol. The van der Waals surface area contributed by atoms with Crippen LogP contribution in [0.4, 0.5) is 0 Å². The van der Waals surface area contributed by atoms with E-state index in [2.05, 4.69) is 11.9 Å². The van der Waals surface area contributed by atoms with Crippen LogP contribution in [0.5, 0.6) is 0 Å². The molecule has 3 nitrogen and oxygen atoms in total. The summed E-state index contributed by atoms with van der Waals surface area (Å²) in [6.45, 7) is 3.87. The summed E-state index contributed by atoms with van der Waals surface area (Å²) in [5.41, 5.74) is 1.73. The predicted molar refractivity (Wildman–Crippen MR) is 76.1 cm³/mol. The van der Waals surface area contributed by atoms with Gasteiger partial charge < -0.3 is 9.88 Å². The normalized spacial score (nSPS) is 20.3. The van der Waals surface area contributed by atoms with Crippen molar-refractivity contribution in [3.05, 3.63) is 36.0 Å². The fourth-order valence-corrected chi connectivity index (χ4v) is 3.38. The Morgan fingerprint density at radius 1 is 1.44 bits per heavy atom. The lowest BCUT2D eigenvalue weighted by atomic mass is 10.2. The van der Waals surface area contributed by atoms with E-state index in [1.807, 2.05) is 47.0 Å². The standard InChI is InChI=1S/C14H16N2OS/c1-10-9-16(6-7-18-10)14(17)13-8-11-4-2-3-5-12(11)15-13/h2-5,8,10,15H,6-7,9H2,1H3. The van der Waals surface area contributed by atoms with Crippen LogP contribution in [0.25, 0.3) is 10.9 Å². The summed E-state index contributed by atoms with van der Waals surface area (Å²) in [7, 11) is 0. The summed E-state index contributed by atoms with van der Waals surface area (Å²) in [4.78, 5) is 17.6. The molecular formula is C14H16N2OS. The Morgan fingerprint density at radius 3 is 3.06 bits per heavy atom. The molecule has 0 bridgehead atoms. The second kappa shape index (κ2) is 4.69. The zero-order chi connectivity index (χ0) is 12.5. The number of hydrogen-bond donors (Lipinski definition) is 1. The summed E-state index contributed by atoms with van der Waals surface area (Å²) in [6.07, 6.45) is 0. The van der Waals surface area contributed by atoms with Crippen LogP contribution in [0.1, 0.15) is 17.4 Å². The number of nitrogens with zero attached hydrogens (tertiary/aromatic N) is 1. The molecule has 1 fully saturated rings. The van der Waals surface area contributed by atoms with Crippen LogP contribution in [0.2, 0.25) is 0 Å². The molecule has 1 atom stereocenters. The molecule has 2 heterocycles. The Morgan fingerprint density at radius 2 is 2.28 bits per heavy atom. The van der Waals surface area contributed by atoms with Gasteiger partial charge in [-0.05, 0) is 12.1 Å². The largest absolute Gasteiger partial charge is 0.351 e. The van der Waals surface area contributed by atoms with Crippen molar-refractivity contribution in [1.82, 2.24) is 9.88 Å². The van der Waals surface area contributed by atoms with E-state index >= 15 is 0 Å². The summed E-state index contributed by atoms with van der Waals surface area (Å²) >= 11 is 1.94. The van der Waals surface area contributed by atoms with Gasteiger partial charge in [0.15, 0.2) is 0 Å².